The number of aliphatic hydroxyl groups is 1. The first-order valence-electron chi connectivity index (χ1n) is 11.7. The van der Waals surface area contributed by atoms with Crippen LogP contribution in [0.2, 0.25) is 0 Å². The van der Waals surface area contributed by atoms with Gasteiger partial charge in [0.15, 0.2) is 16.9 Å². The van der Waals surface area contributed by atoms with Crippen molar-refractivity contribution in [1.82, 2.24) is 0 Å². The average Bonchev–Trinajstić information content (AvgIpc) is 2.78. The number of ketones is 2. The number of hydrogen-bond donors (Lipinski definition) is 1. The Morgan fingerprint density at radius 2 is 1.67 bits per heavy atom. The summed E-state index contributed by atoms with van der Waals surface area (Å²) >= 11 is 12.4. The Labute approximate surface area is 207 Å². The standard InChI is InChI=1S/C26H36Cl2O5/c1-6-19-18(13-26(5,32)14-27)11-12-20-15(2)9-7-8-10-16(3)33-25(31)17(4)23(29)22(28)24(30)21(19)20/h7-12,15-22,32H,6,13-14H2,1-5H3/b9-7-,10-8+/t15-,16+,17+,18-,19-,20+,21+,22?,26-/m1/s1. The highest BCUT2D eigenvalue weighted by atomic mass is 35.5. The van der Waals surface area contributed by atoms with Gasteiger partial charge in [-0.3, -0.25) is 14.4 Å². The molecule has 9 atom stereocenters. The summed E-state index contributed by atoms with van der Waals surface area (Å²) in [6, 6.07) is 0. The summed E-state index contributed by atoms with van der Waals surface area (Å²) in [7, 11) is 0. The molecule has 1 heterocycles. The topological polar surface area (TPSA) is 80.7 Å². The first-order valence-corrected chi connectivity index (χ1v) is 12.6. The van der Waals surface area contributed by atoms with Crippen LogP contribution in [0.4, 0.5) is 0 Å². The minimum atomic E-state index is -1.44. The zero-order valence-corrected chi connectivity index (χ0v) is 21.6. The van der Waals surface area contributed by atoms with Crippen molar-refractivity contribution in [3.05, 3.63) is 36.5 Å². The number of ether oxygens (including phenoxy) is 1. The van der Waals surface area contributed by atoms with Gasteiger partial charge in [-0.1, -0.05) is 50.6 Å². The van der Waals surface area contributed by atoms with Crippen molar-refractivity contribution in [2.24, 2.45) is 35.5 Å². The van der Waals surface area contributed by atoms with Crippen molar-refractivity contribution < 1.29 is 24.2 Å². The maximum atomic E-state index is 13.7. The van der Waals surface area contributed by atoms with Crippen molar-refractivity contribution in [3.8, 4) is 0 Å². The van der Waals surface area contributed by atoms with Gasteiger partial charge >= 0.3 is 5.97 Å². The van der Waals surface area contributed by atoms with Gasteiger partial charge < -0.3 is 9.84 Å². The van der Waals surface area contributed by atoms with E-state index in [0.717, 1.165) is 0 Å². The molecule has 0 fully saturated rings. The van der Waals surface area contributed by atoms with Crippen molar-refractivity contribution >= 4 is 40.7 Å². The van der Waals surface area contributed by atoms with Crippen LogP contribution in [0, 0.1) is 35.5 Å². The third-order valence-electron chi connectivity index (χ3n) is 6.87. The van der Waals surface area contributed by atoms with Crippen LogP contribution in [-0.2, 0) is 19.1 Å². The summed E-state index contributed by atoms with van der Waals surface area (Å²) in [5, 5.41) is 9.15. The van der Waals surface area contributed by atoms with Crippen LogP contribution in [0.15, 0.2) is 36.5 Å². The lowest BCUT2D eigenvalue weighted by Gasteiger charge is -2.42. The first-order chi connectivity index (χ1) is 15.4. The zero-order valence-electron chi connectivity index (χ0n) is 20.0. The predicted octanol–water partition coefficient (Wildman–Crippen LogP) is 4.89. The van der Waals surface area contributed by atoms with Gasteiger partial charge in [0.05, 0.1) is 11.5 Å². The molecule has 0 aromatic rings. The van der Waals surface area contributed by atoms with Gasteiger partial charge in [0.25, 0.3) is 0 Å². The Morgan fingerprint density at radius 3 is 2.27 bits per heavy atom. The molecule has 2 aliphatic rings. The Hall–Kier alpha value is -1.43. The molecule has 184 valence electrons. The van der Waals surface area contributed by atoms with Crippen molar-refractivity contribution in [2.75, 3.05) is 5.88 Å². The molecule has 1 unspecified atom stereocenters. The number of fused-ring (bicyclic) bond motifs is 1. The summed E-state index contributed by atoms with van der Waals surface area (Å²) in [6.07, 6.45) is 12.1. The number of Topliss-reactive ketones (excluding diaryl/α,β-unsaturated/α-hetero) is 2. The minimum Gasteiger partial charge on any atom is -0.458 e. The minimum absolute atomic E-state index is 0.000534. The summed E-state index contributed by atoms with van der Waals surface area (Å²) in [5.41, 5.74) is -1.08. The second kappa shape index (κ2) is 11.8. The van der Waals surface area contributed by atoms with Gasteiger partial charge in [0.1, 0.15) is 12.0 Å². The fourth-order valence-electron chi connectivity index (χ4n) is 4.88. The van der Waals surface area contributed by atoms with Gasteiger partial charge in [0.2, 0.25) is 0 Å². The quantitative estimate of drug-likeness (QED) is 0.258. The molecule has 2 rings (SSSR count). The molecule has 33 heavy (non-hydrogen) atoms. The van der Waals surface area contributed by atoms with E-state index in [0.29, 0.717) is 12.8 Å². The van der Waals surface area contributed by atoms with Crippen LogP contribution in [0.5, 0.6) is 0 Å². The normalized spacial score (nSPS) is 39.7. The lowest BCUT2D eigenvalue weighted by Crippen LogP contribution is -2.47. The SMILES string of the molecule is CC[C@H]1[C@@H]2C(=O)C(Cl)C(=O)[C@H](C)C(=O)O[C@@H](C)/C=C/C=C\[C@@H](C)[C@@H]2C=C[C@@H]1C[C@@](C)(O)CCl. The van der Waals surface area contributed by atoms with E-state index >= 15 is 0 Å². The number of allylic oxidation sites excluding steroid dienone is 5. The van der Waals surface area contributed by atoms with Crippen molar-refractivity contribution in [1.29, 1.82) is 0 Å². The smallest absolute Gasteiger partial charge is 0.316 e. The van der Waals surface area contributed by atoms with Crippen LogP contribution in [0.1, 0.15) is 47.5 Å². The number of rotatable bonds is 4. The second-order valence-electron chi connectivity index (χ2n) is 9.72. The van der Waals surface area contributed by atoms with Crippen LogP contribution >= 0.6 is 23.2 Å². The zero-order chi connectivity index (χ0) is 24.9. The van der Waals surface area contributed by atoms with Crippen molar-refractivity contribution in [3.63, 3.8) is 0 Å². The molecule has 0 aromatic heterocycles. The van der Waals surface area contributed by atoms with Gasteiger partial charge in [-0.15, -0.1) is 23.2 Å². The van der Waals surface area contributed by atoms with Crippen molar-refractivity contribution in [2.45, 2.75) is 64.5 Å². The first kappa shape index (κ1) is 27.8. The van der Waals surface area contributed by atoms with Crippen LogP contribution in [-0.4, -0.2) is 45.6 Å². The number of alkyl halides is 2. The second-order valence-corrected chi connectivity index (χ2v) is 10.4. The largest absolute Gasteiger partial charge is 0.458 e. The summed E-state index contributed by atoms with van der Waals surface area (Å²) in [5.74, 6) is -3.70. The molecule has 0 saturated carbocycles. The molecule has 0 amide bonds. The van der Waals surface area contributed by atoms with Gasteiger partial charge in [-0.2, -0.15) is 0 Å². The molecule has 0 radical (unpaired) electrons. The molecule has 1 aliphatic heterocycles. The number of carbonyl (C=O) groups excluding carboxylic acids is 3. The highest BCUT2D eigenvalue weighted by Crippen LogP contribution is 2.44. The molecule has 5 nitrogen and oxygen atoms in total. The third kappa shape index (κ3) is 6.80. The third-order valence-corrected chi connectivity index (χ3v) is 7.87. The van der Waals surface area contributed by atoms with E-state index in [4.69, 9.17) is 27.9 Å². The van der Waals surface area contributed by atoms with Crippen LogP contribution in [0.25, 0.3) is 0 Å². The van der Waals surface area contributed by atoms with Gasteiger partial charge in [0, 0.05) is 5.92 Å². The summed E-state index contributed by atoms with van der Waals surface area (Å²) < 4.78 is 5.32. The molecule has 0 bridgehead atoms. The fourth-order valence-corrected chi connectivity index (χ4v) is 5.33. The van der Waals surface area contributed by atoms with Gasteiger partial charge in [-0.05, 0) is 56.9 Å². The van der Waals surface area contributed by atoms with E-state index in [1.54, 1.807) is 26.0 Å². The number of halogens is 2. The van der Waals surface area contributed by atoms with Crippen LogP contribution < -0.4 is 0 Å². The van der Waals surface area contributed by atoms with E-state index in [9.17, 15) is 19.5 Å². The van der Waals surface area contributed by atoms with E-state index in [1.165, 1.54) is 6.92 Å². The lowest BCUT2D eigenvalue weighted by atomic mass is 9.62. The fraction of sp³-hybridized carbons (Fsp3) is 0.654. The molecule has 0 aromatic carbocycles. The van der Waals surface area contributed by atoms with E-state index in [-0.39, 0.29) is 35.3 Å². The highest BCUT2D eigenvalue weighted by molar-refractivity contribution is 6.43. The molecular weight excluding hydrogens is 463 g/mol. The Bertz CT molecular complexity index is 815. The van der Waals surface area contributed by atoms with E-state index in [1.807, 2.05) is 32.1 Å². The molecule has 0 saturated heterocycles. The average molecular weight is 499 g/mol. The highest BCUT2D eigenvalue weighted by Gasteiger charge is 2.46. The molecule has 1 aliphatic carbocycles. The summed E-state index contributed by atoms with van der Waals surface area (Å²) in [4.78, 5) is 39.1. The monoisotopic (exact) mass is 498 g/mol. The Balaban J connectivity index is 2.53. The molecule has 0 spiro atoms. The summed E-state index contributed by atoms with van der Waals surface area (Å²) in [6.45, 7) is 8.85. The molecular formula is C26H36Cl2O5. The number of esters is 1. The maximum Gasteiger partial charge on any atom is 0.316 e. The van der Waals surface area contributed by atoms with E-state index in [2.05, 4.69) is 6.08 Å². The molecule has 7 heteroatoms. The maximum absolute atomic E-state index is 13.7. The number of hydrogen-bond acceptors (Lipinski definition) is 5. The van der Waals surface area contributed by atoms with E-state index < -0.39 is 40.7 Å². The number of cyclic esters (lactones) is 1. The predicted molar refractivity (Wildman–Crippen MR) is 131 cm³/mol. The number of carbonyl (C=O) groups is 3. The van der Waals surface area contributed by atoms with Crippen LogP contribution in [0.3, 0.4) is 0 Å². The Morgan fingerprint density at radius 1 is 1.03 bits per heavy atom. The molecule has 1 N–H and O–H groups in total. The lowest BCUT2D eigenvalue weighted by molar-refractivity contribution is -0.153. The van der Waals surface area contributed by atoms with Gasteiger partial charge in [-0.25, -0.2) is 0 Å². The Kier molecular flexibility index (Phi) is 9.96.